The first-order chi connectivity index (χ1) is 10.2. The predicted molar refractivity (Wildman–Crippen MR) is 75.6 cm³/mol. The molecule has 7 heteroatoms. The Labute approximate surface area is 121 Å². The Morgan fingerprint density at radius 1 is 1.43 bits per heavy atom. The van der Waals surface area contributed by atoms with Gasteiger partial charge in [-0.2, -0.15) is 5.10 Å². The van der Waals surface area contributed by atoms with Crippen molar-refractivity contribution in [2.24, 2.45) is 0 Å². The van der Waals surface area contributed by atoms with E-state index in [4.69, 9.17) is 0 Å². The fraction of sp³-hybridized carbons (Fsp3) is 0.429. The molecule has 0 saturated carbocycles. The summed E-state index contributed by atoms with van der Waals surface area (Å²) >= 11 is 0. The highest BCUT2D eigenvalue weighted by atomic mass is 16.2. The zero-order valence-corrected chi connectivity index (χ0v) is 11.6. The van der Waals surface area contributed by atoms with Gasteiger partial charge in [-0.3, -0.25) is 9.48 Å². The third-order valence-electron chi connectivity index (χ3n) is 3.77. The molecule has 0 bridgehead atoms. The predicted octanol–water partition coefficient (Wildman–Crippen LogP) is 0.373. The molecule has 21 heavy (non-hydrogen) atoms. The molecule has 0 spiro atoms. The molecule has 7 nitrogen and oxygen atoms in total. The lowest BCUT2D eigenvalue weighted by Crippen LogP contribution is -2.41. The molecule has 1 atom stereocenters. The van der Waals surface area contributed by atoms with Gasteiger partial charge >= 0.3 is 5.69 Å². The van der Waals surface area contributed by atoms with E-state index < -0.39 is 0 Å². The molecule has 1 amide bonds. The number of hydrogen-bond donors (Lipinski definition) is 1. The number of carbonyl (C=O) groups is 1. The lowest BCUT2D eigenvalue weighted by Gasteiger charge is -2.32. The lowest BCUT2D eigenvalue weighted by molar-refractivity contribution is -0.133. The number of H-pyrrole nitrogens is 1. The highest BCUT2D eigenvalue weighted by molar-refractivity contribution is 5.76. The van der Waals surface area contributed by atoms with Crippen molar-refractivity contribution in [3.8, 4) is 0 Å². The van der Waals surface area contributed by atoms with Crippen LogP contribution in [0, 0.1) is 0 Å². The second kappa shape index (κ2) is 5.90. The van der Waals surface area contributed by atoms with Gasteiger partial charge in [0, 0.05) is 43.3 Å². The fourth-order valence-electron chi connectivity index (χ4n) is 2.71. The maximum Gasteiger partial charge on any atom is 0.345 e. The van der Waals surface area contributed by atoms with Crippen molar-refractivity contribution in [2.45, 2.75) is 25.3 Å². The van der Waals surface area contributed by atoms with E-state index in [1.807, 2.05) is 11.0 Å². The van der Waals surface area contributed by atoms with Crippen molar-refractivity contribution in [1.82, 2.24) is 24.6 Å². The third kappa shape index (κ3) is 3.18. The van der Waals surface area contributed by atoms with Gasteiger partial charge < -0.3 is 9.88 Å². The van der Waals surface area contributed by atoms with Gasteiger partial charge in [-0.05, 0) is 25.0 Å². The fourth-order valence-corrected chi connectivity index (χ4v) is 2.71. The summed E-state index contributed by atoms with van der Waals surface area (Å²) in [5.41, 5.74) is 0.513. The Hall–Kier alpha value is -2.44. The quantitative estimate of drug-likeness (QED) is 0.884. The van der Waals surface area contributed by atoms with Crippen LogP contribution in [0.15, 0.2) is 35.5 Å². The van der Waals surface area contributed by atoms with E-state index in [0.29, 0.717) is 6.54 Å². The van der Waals surface area contributed by atoms with E-state index in [2.05, 4.69) is 15.1 Å². The van der Waals surface area contributed by atoms with Crippen molar-refractivity contribution in [3.63, 3.8) is 0 Å². The van der Waals surface area contributed by atoms with Crippen LogP contribution in [0.2, 0.25) is 0 Å². The summed E-state index contributed by atoms with van der Waals surface area (Å²) in [6.45, 7) is 1.64. The second-order valence-electron chi connectivity index (χ2n) is 5.21. The summed E-state index contributed by atoms with van der Waals surface area (Å²) in [5.74, 6) is 0.218. The number of hydrogen-bond acceptors (Lipinski definition) is 4. The monoisotopic (exact) mass is 287 g/mol. The summed E-state index contributed by atoms with van der Waals surface area (Å²) < 4.78 is 1.63. The Bertz CT molecular complexity index is 664. The molecule has 0 radical (unpaired) electrons. The molecule has 110 valence electrons. The SMILES string of the molecule is O=C(Cn1cccn1)N1CCC[C@H](c2ccnc(=O)[nH]2)C1. The van der Waals surface area contributed by atoms with Crippen LogP contribution in [-0.2, 0) is 11.3 Å². The van der Waals surface area contributed by atoms with Crippen molar-refractivity contribution in [2.75, 3.05) is 13.1 Å². The number of nitrogens with zero attached hydrogens (tertiary/aromatic N) is 4. The van der Waals surface area contributed by atoms with Gasteiger partial charge in [-0.1, -0.05) is 0 Å². The minimum absolute atomic E-state index is 0.0554. The molecular formula is C14H17N5O2. The summed E-state index contributed by atoms with van der Waals surface area (Å²) in [4.78, 5) is 31.8. The molecule has 3 rings (SSSR count). The molecule has 3 heterocycles. The molecule has 0 aliphatic carbocycles. The largest absolute Gasteiger partial charge is 0.345 e. The van der Waals surface area contributed by atoms with Gasteiger partial charge in [-0.25, -0.2) is 9.78 Å². The lowest BCUT2D eigenvalue weighted by atomic mass is 9.94. The van der Waals surface area contributed by atoms with Crippen molar-refractivity contribution >= 4 is 5.91 Å². The van der Waals surface area contributed by atoms with Gasteiger partial charge in [0.15, 0.2) is 0 Å². The van der Waals surface area contributed by atoms with Gasteiger partial charge in [0.1, 0.15) is 6.54 Å². The van der Waals surface area contributed by atoms with E-state index in [1.54, 1.807) is 23.1 Å². The number of amides is 1. The topological polar surface area (TPSA) is 83.9 Å². The number of likely N-dealkylation sites (tertiary alicyclic amines) is 1. The van der Waals surface area contributed by atoms with Crippen LogP contribution in [0.4, 0.5) is 0 Å². The normalized spacial score (nSPS) is 18.7. The first-order valence-electron chi connectivity index (χ1n) is 7.03. The Kier molecular flexibility index (Phi) is 3.81. The maximum atomic E-state index is 12.3. The van der Waals surface area contributed by atoms with Crippen LogP contribution in [0.5, 0.6) is 0 Å². The van der Waals surface area contributed by atoms with Gasteiger partial charge in [0.2, 0.25) is 5.91 Å². The number of aromatic nitrogens is 4. The van der Waals surface area contributed by atoms with Crippen LogP contribution in [0.1, 0.15) is 24.5 Å². The van der Waals surface area contributed by atoms with Crippen LogP contribution >= 0.6 is 0 Å². The van der Waals surface area contributed by atoms with Crippen LogP contribution in [0.25, 0.3) is 0 Å². The van der Waals surface area contributed by atoms with E-state index in [1.165, 1.54) is 6.20 Å². The second-order valence-corrected chi connectivity index (χ2v) is 5.21. The number of piperidine rings is 1. The van der Waals surface area contributed by atoms with Crippen molar-refractivity contribution in [1.29, 1.82) is 0 Å². The molecule has 1 saturated heterocycles. The highest BCUT2D eigenvalue weighted by Crippen LogP contribution is 2.24. The van der Waals surface area contributed by atoms with Gasteiger partial charge in [0.25, 0.3) is 0 Å². The number of rotatable bonds is 3. The molecule has 2 aromatic heterocycles. The zero-order chi connectivity index (χ0) is 14.7. The smallest absolute Gasteiger partial charge is 0.340 e. The van der Waals surface area contributed by atoms with E-state index >= 15 is 0 Å². The summed E-state index contributed by atoms with van der Waals surface area (Å²) in [5, 5.41) is 4.05. The van der Waals surface area contributed by atoms with Crippen LogP contribution < -0.4 is 5.69 Å². The number of nitrogens with one attached hydrogen (secondary N) is 1. The molecule has 1 N–H and O–H groups in total. The molecule has 2 aromatic rings. The highest BCUT2D eigenvalue weighted by Gasteiger charge is 2.25. The molecule has 0 unspecified atom stereocenters. The molecular weight excluding hydrogens is 270 g/mol. The van der Waals surface area contributed by atoms with Crippen molar-refractivity contribution in [3.05, 3.63) is 46.9 Å². The molecule has 1 fully saturated rings. The number of carbonyl (C=O) groups excluding carboxylic acids is 1. The molecule has 1 aliphatic rings. The Morgan fingerprint density at radius 2 is 2.33 bits per heavy atom. The van der Waals surface area contributed by atoms with E-state index in [0.717, 1.165) is 25.1 Å². The Morgan fingerprint density at radius 3 is 3.10 bits per heavy atom. The van der Waals surface area contributed by atoms with Crippen LogP contribution in [-0.4, -0.2) is 43.6 Å². The minimum atomic E-state index is -0.340. The zero-order valence-electron chi connectivity index (χ0n) is 11.6. The Balaban J connectivity index is 1.68. The average molecular weight is 287 g/mol. The van der Waals surface area contributed by atoms with E-state index in [-0.39, 0.29) is 24.1 Å². The van der Waals surface area contributed by atoms with E-state index in [9.17, 15) is 9.59 Å². The van der Waals surface area contributed by atoms with Gasteiger partial charge in [0.05, 0.1) is 0 Å². The third-order valence-corrected chi connectivity index (χ3v) is 3.77. The molecule has 1 aliphatic heterocycles. The van der Waals surface area contributed by atoms with Gasteiger partial charge in [-0.15, -0.1) is 0 Å². The summed E-state index contributed by atoms with van der Waals surface area (Å²) in [7, 11) is 0. The summed E-state index contributed by atoms with van der Waals surface area (Å²) in [6.07, 6.45) is 6.84. The van der Waals surface area contributed by atoms with Crippen molar-refractivity contribution < 1.29 is 4.79 Å². The first-order valence-corrected chi connectivity index (χ1v) is 7.03. The summed E-state index contributed by atoms with van der Waals surface area (Å²) in [6, 6.07) is 3.61. The number of aromatic amines is 1. The first kappa shape index (κ1) is 13.5. The minimum Gasteiger partial charge on any atom is -0.340 e. The maximum absolute atomic E-state index is 12.3. The standard InChI is InChI=1S/C14H17N5O2/c20-13(10-19-8-2-5-16-19)18-7-1-3-11(9-18)12-4-6-15-14(21)17-12/h2,4-6,8,11H,1,3,7,9-10H2,(H,15,17,21)/t11-/m0/s1. The van der Waals surface area contributed by atoms with Crippen LogP contribution in [0.3, 0.4) is 0 Å². The average Bonchev–Trinajstić information content (AvgIpc) is 3.00. The molecule has 0 aromatic carbocycles.